The second-order valence-electron chi connectivity index (χ2n) is 4.46. The standard InChI is InChI=1S/C15H10ClFN2O2/c16-10-4-1-3-9(7-10)8-13-18-15(21-19-13)14-11(17)5-2-6-12(14)20/h1-7,20H,8H2. The van der Waals surface area contributed by atoms with Crippen molar-refractivity contribution in [2.24, 2.45) is 0 Å². The second kappa shape index (κ2) is 5.54. The summed E-state index contributed by atoms with van der Waals surface area (Å²) >= 11 is 5.91. The summed E-state index contributed by atoms with van der Waals surface area (Å²) in [5.74, 6) is -0.529. The summed E-state index contributed by atoms with van der Waals surface area (Å²) in [5.41, 5.74) is 0.815. The smallest absolute Gasteiger partial charge is 0.264 e. The Morgan fingerprint density at radius 1 is 1.19 bits per heavy atom. The molecule has 0 aliphatic rings. The fourth-order valence-electron chi connectivity index (χ4n) is 1.98. The molecule has 4 nitrogen and oxygen atoms in total. The van der Waals surface area contributed by atoms with Crippen LogP contribution in [0.1, 0.15) is 11.4 Å². The van der Waals surface area contributed by atoms with Crippen LogP contribution in [0.3, 0.4) is 0 Å². The molecule has 0 atom stereocenters. The van der Waals surface area contributed by atoms with Gasteiger partial charge < -0.3 is 9.63 Å². The van der Waals surface area contributed by atoms with Gasteiger partial charge in [0.25, 0.3) is 5.89 Å². The largest absolute Gasteiger partial charge is 0.507 e. The molecule has 0 saturated carbocycles. The van der Waals surface area contributed by atoms with Crippen LogP contribution in [0, 0.1) is 5.82 Å². The van der Waals surface area contributed by atoms with Gasteiger partial charge in [0.2, 0.25) is 0 Å². The van der Waals surface area contributed by atoms with Gasteiger partial charge in [-0.15, -0.1) is 0 Å². The predicted octanol–water partition coefficient (Wildman–Crippen LogP) is 3.83. The molecule has 0 fully saturated rings. The van der Waals surface area contributed by atoms with Gasteiger partial charge in [-0.25, -0.2) is 4.39 Å². The minimum absolute atomic E-state index is 0.0531. The number of nitrogens with zero attached hydrogens (tertiary/aromatic N) is 2. The molecule has 21 heavy (non-hydrogen) atoms. The van der Waals surface area contributed by atoms with Crippen LogP contribution in [0.5, 0.6) is 5.75 Å². The molecule has 2 aromatic carbocycles. The SMILES string of the molecule is Oc1cccc(F)c1-c1nc(Cc2cccc(Cl)c2)no1. The number of hydrogen-bond donors (Lipinski definition) is 1. The molecule has 0 spiro atoms. The summed E-state index contributed by atoms with van der Waals surface area (Å²) in [6.45, 7) is 0. The van der Waals surface area contributed by atoms with Crippen LogP contribution in [-0.4, -0.2) is 15.2 Å². The van der Waals surface area contributed by atoms with Crippen molar-refractivity contribution in [2.75, 3.05) is 0 Å². The fraction of sp³-hybridized carbons (Fsp3) is 0.0667. The third kappa shape index (κ3) is 2.87. The maximum absolute atomic E-state index is 13.7. The Balaban J connectivity index is 1.90. The molecule has 1 heterocycles. The molecule has 0 radical (unpaired) electrons. The quantitative estimate of drug-likeness (QED) is 0.799. The summed E-state index contributed by atoms with van der Waals surface area (Å²) in [7, 11) is 0. The first-order chi connectivity index (χ1) is 10.1. The van der Waals surface area contributed by atoms with Crippen molar-refractivity contribution in [1.82, 2.24) is 10.1 Å². The summed E-state index contributed by atoms with van der Waals surface area (Å²) in [6.07, 6.45) is 0.402. The molecule has 0 aliphatic carbocycles. The van der Waals surface area contributed by atoms with Crippen LogP contribution in [-0.2, 0) is 6.42 Å². The topological polar surface area (TPSA) is 59.2 Å². The number of aromatic nitrogens is 2. The van der Waals surface area contributed by atoms with Crippen LogP contribution < -0.4 is 0 Å². The maximum atomic E-state index is 13.7. The van der Waals surface area contributed by atoms with Gasteiger partial charge in [0, 0.05) is 11.4 Å². The molecule has 0 amide bonds. The number of phenolic OH excluding ortho intramolecular Hbond substituents is 1. The van der Waals surface area contributed by atoms with E-state index in [1.807, 2.05) is 12.1 Å². The monoisotopic (exact) mass is 304 g/mol. The zero-order valence-corrected chi connectivity index (χ0v) is 11.5. The van der Waals surface area contributed by atoms with Gasteiger partial charge in [0.05, 0.1) is 0 Å². The summed E-state index contributed by atoms with van der Waals surface area (Å²) in [6, 6.07) is 11.2. The Morgan fingerprint density at radius 2 is 2.00 bits per heavy atom. The van der Waals surface area contributed by atoms with Gasteiger partial charge in [-0.3, -0.25) is 0 Å². The lowest BCUT2D eigenvalue weighted by Gasteiger charge is -1.99. The molecule has 0 unspecified atom stereocenters. The number of hydrogen-bond acceptors (Lipinski definition) is 4. The molecule has 3 rings (SSSR count). The van der Waals surface area contributed by atoms with Crippen molar-refractivity contribution in [3.05, 3.63) is 64.7 Å². The number of halogens is 2. The van der Waals surface area contributed by atoms with E-state index in [-0.39, 0.29) is 17.2 Å². The van der Waals surface area contributed by atoms with E-state index in [2.05, 4.69) is 10.1 Å². The molecule has 106 valence electrons. The van der Waals surface area contributed by atoms with Crippen molar-refractivity contribution in [1.29, 1.82) is 0 Å². The summed E-state index contributed by atoms with van der Waals surface area (Å²) < 4.78 is 18.7. The van der Waals surface area contributed by atoms with Crippen molar-refractivity contribution in [3.63, 3.8) is 0 Å². The van der Waals surface area contributed by atoms with E-state index in [4.69, 9.17) is 16.1 Å². The van der Waals surface area contributed by atoms with Crippen LogP contribution in [0.25, 0.3) is 11.5 Å². The molecule has 0 bridgehead atoms. The van der Waals surface area contributed by atoms with Gasteiger partial charge in [-0.2, -0.15) is 4.98 Å². The normalized spacial score (nSPS) is 10.8. The fourth-order valence-corrected chi connectivity index (χ4v) is 2.19. The van der Waals surface area contributed by atoms with E-state index in [1.54, 1.807) is 12.1 Å². The lowest BCUT2D eigenvalue weighted by atomic mass is 10.1. The molecule has 3 aromatic rings. The molecule has 6 heteroatoms. The van der Waals surface area contributed by atoms with Gasteiger partial charge in [0.15, 0.2) is 5.82 Å². The molecule has 0 saturated heterocycles. The Morgan fingerprint density at radius 3 is 2.76 bits per heavy atom. The van der Waals surface area contributed by atoms with Crippen molar-refractivity contribution in [2.45, 2.75) is 6.42 Å². The Hall–Kier alpha value is -2.40. The average Bonchev–Trinajstić information content (AvgIpc) is 2.87. The minimum Gasteiger partial charge on any atom is -0.507 e. The first-order valence-electron chi connectivity index (χ1n) is 6.18. The Kier molecular flexibility index (Phi) is 3.58. The maximum Gasteiger partial charge on any atom is 0.264 e. The average molecular weight is 305 g/mol. The number of aromatic hydroxyl groups is 1. The highest BCUT2D eigenvalue weighted by Crippen LogP contribution is 2.30. The highest BCUT2D eigenvalue weighted by molar-refractivity contribution is 6.30. The first kappa shape index (κ1) is 13.6. The molecule has 1 aromatic heterocycles. The van der Waals surface area contributed by atoms with Crippen molar-refractivity contribution < 1.29 is 14.0 Å². The first-order valence-corrected chi connectivity index (χ1v) is 6.56. The zero-order valence-electron chi connectivity index (χ0n) is 10.8. The molecular weight excluding hydrogens is 295 g/mol. The number of rotatable bonds is 3. The third-order valence-electron chi connectivity index (χ3n) is 2.92. The minimum atomic E-state index is -0.618. The van der Waals surface area contributed by atoms with E-state index in [9.17, 15) is 9.50 Å². The Bertz CT molecular complexity index is 769. The summed E-state index contributed by atoms with van der Waals surface area (Å²) in [5, 5.41) is 14.1. The van der Waals surface area contributed by atoms with Crippen LogP contribution in [0.15, 0.2) is 47.0 Å². The van der Waals surface area contributed by atoms with E-state index in [0.717, 1.165) is 5.56 Å². The van der Waals surface area contributed by atoms with E-state index >= 15 is 0 Å². The zero-order chi connectivity index (χ0) is 14.8. The number of benzene rings is 2. The van der Waals surface area contributed by atoms with Gasteiger partial charge in [0.1, 0.15) is 17.1 Å². The molecule has 0 aliphatic heterocycles. The Labute approximate surface area is 124 Å². The van der Waals surface area contributed by atoms with Crippen LogP contribution in [0.2, 0.25) is 5.02 Å². The highest BCUT2D eigenvalue weighted by atomic mass is 35.5. The third-order valence-corrected chi connectivity index (χ3v) is 3.16. The van der Waals surface area contributed by atoms with E-state index < -0.39 is 5.82 Å². The second-order valence-corrected chi connectivity index (χ2v) is 4.89. The van der Waals surface area contributed by atoms with Crippen molar-refractivity contribution in [3.8, 4) is 17.2 Å². The van der Waals surface area contributed by atoms with Gasteiger partial charge >= 0.3 is 0 Å². The van der Waals surface area contributed by atoms with Gasteiger partial charge in [-0.1, -0.05) is 35.0 Å². The lowest BCUT2D eigenvalue weighted by Crippen LogP contribution is -1.91. The number of phenols is 1. The van der Waals surface area contributed by atoms with E-state index in [0.29, 0.717) is 17.3 Å². The van der Waals surface area contributed by atoms with Crippen molar-refractivity contribution >= 4 is 11.6 Å². The lowest BCUT2D eigenvalue weighted by molar-refractivity contribution is 0.415. The molecule has 1 N–H and O–H groups in total. The van der Waals surface area contributed by atoms with Gasteiger partial charge in [-0.05, 0) is 29.8 Å². The summed E-state index contributed by atoms with van der Waals surface area (Å²) in [4.78, 5) is 4.11. The highest BCUT2D eigenvalue weighted by Gasteiger charge is 2.17. The predicted molar refractivity (Wildman–Crippen MR) is 75.6 cm³/mol. The van der Waals surface area contributed by atoms with Crippen LogP contribution >= 0.6 is 11.6 Å². The van der Waals surface area contributed by atoms with Crippen LogP contribution in [0.4, 0.5) is 4.39 Å². The van der Waals surface area contributed by atoms with E-state index in [1.165, 1.54) is 18.2 Å². The molecular formula is C15H10ClFN2O2.